The summed E-state index contributed by atoms with van der Waals surface area (Å²) in [7, 11) is 0. The lowest BCUT2D eigenvalue weighted by Gasteiger charge is -2.08. The number of carbonyl (C=O) groups excluding carboxylic acids is 1. The number of hydrogen-bond acceptors (Lipinski definition) is 3. The molecule has 1 aromatic carbocycles. The van der Waals surface area contributed by atoms with Crippen molar-refractivity contribution in [1.29, 1.82) is 0 Å². The summed E-state index contributed by atoms with van der Waals surface area (Å²) in [6.45, 7) is 6.84. The summed E-state index contributed by atoms with van der Waals surface area (Å²) in [5.41, 5.74) is 1.19. The van der Waals surface area contributed by atoms with Crippen LogP contribution in [0.15, 0.2) is 24.3 Å². The maximum atomic E-state index is 11.2. The van der Waals surface area contributed by atoms with E-state index in [1.165, 1.54) is 5.56 Å². The maximum absolute atomic E-state index is 11.2. The first-order valence-corrected chi connectivity index (χ1v) is 6.45. The number of rotatable bonds is 8. The van der Waals surface area contributed by atoms with Crippen LogP contribution in [0.1, 0.15) is 25.8 Å². The molecular formula is C14H22N2O2. The van der Waals surface area contributed by atoms with E-state index >= 15 is 0 Å². The van der Waals surface area contributed by atoms with E-state index in [1.807, 2.05) is 25.1 Å². The van der Waals surface area contributed by atoms with Crippen LogP contribution in [0.5, 0.6) is 5.75 Å². The van der Waals surface area contributed by atoms with E-state index in [-0.39, 0.29) is 5.91 Å². The number of nitrogens with one attached hydrogen (secondary N) is 2. The molecule has 0 aromatic heterocycles. The quantitative estimate of drug-likeness (QED) is 0.738. The van der Waals surface area contributed by atoms with Gasteiger partial charge >= 0.3 is 0 Å². The smallest absolute Gasteiger partial charge is 0.223 e. The molecule has 0 fully saturated rings. The van der Waals surface area contributed by atoms with E-state index in [4.69, 9.17) is 4.74 Å². The number of benzene rings is 1. The number of hydrogen-bond donors (Lipinski definition) is 2. The van der Waals surface area contributed by atoms with Gasteiger partial charge in [-0.2, -0.15) is 0 Å². The zero-order valence-corrected chi connectivity index (χ0v) is 11.2. The molecule has 0 atom stereocenters. The van der Waals surface area contributed by atoms with Crippen molar-refractivity contribution >= 4 is 5.91 Å². The Morgan fingerprint density at radius 1 is 1.28 bits per heavy atom. The largest absolute Gasteiger partial charge is 0.493 e. The third-order valence-corrected chi connectivity index (χ3v) is 2.45. The van der Waals surface area contributed by atoms with Crippen LogP contribution in [0.4, 0.5) is 0 Å². The lowest BCUT2D eigenvalue weighted by Crippen LogP contribution is -2.24. The minimum atomic E-state index is 0.0290. The van der Waals surface area contributed by atoms with Gasteiger partial charge in [0.2, 0.25) is 5.91 Å². The fourth-order valence-corrected chi connectivity index (χ4v) is 1.56. The van der Waals surface area contributed by atoms with Crippen LogP contribution < -0.4 is 15.4 Å². The van der Waals surface area contributed by atoms with E-state index < -0.39 is 0 Å². The van der Waals surface area contributed by atoms with Gasteiger partial charge in [-0.1, -0.05) is 19.1 Å². The topological polar surface area (TPSA) is 50.4 Å². The summed E-state index contributed by atoms with van der Waals surface area (Å²) in [6, 6.07) is 7.93. The Labute approximate surface area is 109 Å². The molecule has 0 aliphatic carbocycles. The standard InChI is InChI=1S/C14H22N2O2/c1-3-15-11-12-6-5-7-13(10-12)18-9-8-14(17)16-4-2/h5-7,10,15H,3-4,8-9,11H2,1-2H3,(H,16,17). The van der Waals surface area contributed by atoms with Crippen LogP contribution in [0.3, 0.4) is 0 Å². The predicted octanol–water partition coefficient (Wildman–Crippen LogP) is 1.70. The van der Waals surface area contributed by atoms with Crippen LogP contribution in [0.2, 0.25) is 0 Å². The maximum Gasteiger partial charge on any atom is 0.223 e. The molecule has 18 heavy (non-hydrogen) atoms. The minimum Gasteiger partial charge on any atom is -0.493 e. The average Bonchev–Trinajstić information content (AvgIpc) is 2.37. The molecule has 0 saturated carbocycles. The fourth-order valence-electron chi connectivity index (χ4n) is 1.56. The molecule has 0 heterocycles. The van der Waals surface area contributed by atoms with Gasteiger partial charge in [-0.15, -0.1) is 0 Å². The summed E-state index contributed by atoms with van der Waals surface area (Å²) in [6.07, 6.45) is 0.394. The van der Waals surface area contributed by atoms with Gasteiger partial charge in [-0.05, 0) is 31.2 Å². The SMILES string of the molecule is CCNCc1cccc(OCCC(=O)NCC)c1. The van der Waals surface area contributed by atoms with Crippen molar-refractivity contribution in [1.82, 2.24) is 10.6 Å². The summed E-state index contributed by atoms with van der Waals surface area (Å²) in [4.78, 5) is 11.2. The monoisotopic (exact) mass is 250 g/mol. The summed E-state index contributed by atoms with van der Waals surface area (Å²) in [5.74, 6) is 0.844. The zero-order chi connectivity index (χ0) is 13.2. The zero-order valence-electron chi connectivity index (χ0n) is 11.2. The van der Waals surface area contributed by atoms with Crippen LogP contribution >= 0.6 is 0 Å². The third-order valence-electron chi connectivity index (χ3n) is 2.45. The third kappa shape index (κ3) is 5.68. The van der Waals surface area contributed by atoms with Crippen molar-refractivity contribution in [3.8, 4) is 5.75 Å². The first-order valence-electron chi connectivity index (χ1n) is 6.45. The Hall–Kier alpha value is -1.55. The normalized spacial score (nSPS) is 10.1. The molecule has 4 heteroatoms. The Morgan fingerprint density at radius 2 is 2.11 bits per heavy atom. The number of ether oxygens (including phenoxy) is 1. The molecule has 0 bridgehead atoms. The van der Waals surface area contributed by atoms with Gasteiger partial charge in [-0.3, -0.25) is 4.79 Å². The van der Waals surface area contributed by atoms with Crippen LogP contribution in [-0.4, -0.2) is 25.6 Å². The lowest BCUT2D eigenvalue weighted by molar-refractivity contribution is -0.121. The van der Waals surface area contributed by atoms with Crippen LogP contribution in [-0.2, 0) is 11.3 Å². The van der Waals surface area contributed by atoms with Gasteiger partial charge < -0.3 is 15.4 Å². The Morgan fingerprint density at radius 3 is 2.83 bits per heavy atom. The highest BCUT2D eigenvalue weighted by Gasteiger charge is 2.01. The highest BCUT2D eigenvalue weighted by atomic mass is 16.5. The van der Waals surface area contributed by atoms with E-state index in [1.54, 1.807) is 0 Å². The summed E-state index contributed by atoms with van der Waals surface area (Å²) < 4.78 is 5.56. The molecular weight excluding hydrogens is 228 g/mol. The van der Waals surface area contributed by atoms with Gasteiger partial charge in [0, 0.05) is 13.1 Å². The van der Waals surface area contributed by atoms with Gasteiger partial charge in [0.05, 0.1) is 13.0 Å². The van der Waals surface area contributed by atoms with Crippen LogP contribution in [0.25, 0.3) is 0 Å². The second-order valence-electron chi connectivity index (χ2n) is 3.98. The van der Waals surface area contributed by atoms with Crippen molar-refractivity contribution in [2.45, 2.75) is 26.8 Å². The van der Waals surface area contributed by atoms with Gasteiger partial charge in [0.1, 0.15) is 5.75 Å². The molecule has 1 aromatic rings. The average molecular weight is 250 g/mol. The molecule has 4 nitrogen and oxygen atoms in total. The van der Waals surface area contributed by atoms with Crippen molar-refractivity contribution in [2.24, 2.45) is 0 Å². The van der Waals surface area contributed by atoms with Crippen molar-refractivity contribution in [2.75, 3.05) is 19.7 Å². The number of amides is 1. The Balaban J connectivity index is 2.35. The van der Waals surface area contributed by atoms with Crippen LogP contribution in [0, 0.1) is 0 Å². The fraction of sp³-hybridized carbons (Fsp3) is 0.500. The van der Waals surface area contributed by atoms with E-state index in [9.17, 15) is 4.79 Å². The molecule has 0 saturated heterocycles. The molecule has 2 N–H and O–H groups in total. The second kappa shape index (κ2) is 8.53. The molecule has 0 aliphatic heterocycles. The van der Waals surface area contributed by atoms with Crippen molar-refractivity contribution < 1.29 is 9.53 Å². The second-order valence-corrected chi connectivity index (χ2v) is 3.98. The first-order chi connectivity index (χ1) is 8.76. The molecule has 0 aliphatic rings. The van der Waals surface area contributed by atoms with E-state index in [0.717, 1.165) is 18.8 Å². The van der Waals surface area contributed by atoms with E-state index in [2.05, 4.69) is 23.6 Å². The molecule has 0 unspecified atom stereocenters. The predicted molar refractivity (Wildman–Crippen MR) is 72.6 cm³/mol. The highest BCUT2D eigenvalue weighted by molar-refractivity contribution is 5.75. The highest BCUT2D eigenvalue weighted by Crippen LogP contribution is 2.13. The lowest BCUT2D eigenvalue weighted by atomic mass is 10.2. The Bertz CT molecular complexity index is 367. The Kier molecular flexibility index (Phi) is 6.87. The van der Waals surface area contributed by atoms with E-state index in [0.29, 0.717) is 19.6 Å². The minimum absolute atomic E-state index is 0.0290. The molecule has 100 valence electrons. The van der Waals surface area contributed by atoms with Crippen molar-refractivity contribution in [3.63, 3.8) is 0 Å². The molecule has 0 radical (unpaired) electrons. The molecule has 1 amide bonds. The molecule has 1 rings (SSSR count). The van der Waals surface area contributed by atoms with Crippen molar-refractivity contribution in [3.05, 3.63) is 29.8 Å². The van der Waals surface area contributed by atoms with Gasteiger partial charge in [0.25, 0.3) is 0 Å². The summed E-state index contributed by atoms with van der Waals surface area (Å²) in [5, 5.41) is 6.01. The molecule has 0 spiro atoms. The summed E-state index contributed by atoms with van der Waals surface area (Å²) >= 11 is 0. The number of carbonyl (C=O) groups is 1. The van der Waals surface area contributed by atoms with Gasteiger partial charge in [0.15, 0.2) is 0 Å². The first kappa shape index (κ1) is 14.5. The van der Waals surface area contributed by atoms with Gasteiger partial charge in [-0.25, -0.2) is 0 Å².